The number of hydrogen-bond donors (Lipinski definition) is 0. The van der Waals surface area contributed by atoms with E-state index in [0.717, 1.165) is 55.3 Å². The molecule has 5 nitrogen and oxygen atoms in total. The van der Waals surface area contributed by atoms with Crippen molar-refractivity contribution < 1.29 is 0 Å². The number of rotatable bonds is 4. The molecule has 50 heavy (non-hydrogen) atoms. The van der Waals surface area contributed by atoms with E-state index < -0.39 is 0 Å². The van der Waals surface area contributed by atoms with E-state index in [-0.39, 0.29) is 0 Å². The normalized spacial score (nSPS) is 11.1. The van der Waals surface area contributed by atoms with Crippen LogP contribution in [0.15, 0.2) is 152 Å². The van der Waals surface area contributed by atoms with Crippen LogP contribution in [0.4, 0.5) is 5.69 Å². The second-order valence-corrected chi connectivity index (χ2v) is 12.3. The van der Waals surface area contributed by atoms with Gasteiger partial charge in [0.05, 0.1) is 57.6 Å². The second-order valence-electron chi connectivity index (χ2n) is 12.3. The lowest BCUT2D eigenvalue weighted by molar-refractivity contribution is 1.18. The summed E-state index contributed by atoms with van der Waals surface area (Å²) in [7, 11) is 0. The average Bonchev–Trinajstić information content (AvgIpc) is 3.70. The maximum atomic E-state index is 10.4. The summed E-state index contributed by atoms with van der Waals surface area (Å²) >= 11 is 0. The van der Waals surface area contributed by atoms with Crippen LogP contribution < -0.4 is 0 Å². The van der Waals surface area contributed by atoms with Crippen LogP contribution in [-0.2, 0) is 0 Å². The highest BCUT2D eigenvalue weighted by atomic mass is 15.0. The van der Waals surface area contributed by atoms with Gasteiger partial charge in [-0.05, 0) is 83.4 Å². The molecule has 7 aromatic carbocycles. The minimum absolute atomic E-state index is 0.464. The van der Waals surface area contributed by atoms with Crippen LogP contribution in [0.2, 0.25) is 0 Å². The fourth-order valence-corrected chi connectivity index (χ4v) is 7.42. The van der Waals surface area contributed by atoms with Crippen LogP contribution in [0.3, 0.4) is 0 Å². The molecule has 0 saturated carbocycles. The molecule has 2 aromatic heterocycles. The minimum Gasteiger partial charge on any atom is -0.309 e. The molecule has 0 atom stereocenters. The summed E-state index contributed by atoms with van der Waals surface area (Å²) in [4.78, 5) is 3.91. The van der Waals surface area contributed by atoms with Crippen LogP contribution in [0.25, 0.3) is 82.1 Å². The zero-order valence-electron chi connectivity index (χ0n) is 26.7. The number of benzene rings is 7. The molecule has 0 amide bonds. The Morgan fingerprint density at radius 2 is 1.10 bits per heavy atom. The Kier molecular flexibility index (Phi) is 6.56. The lowest BCUT2D eigenvalue weighted by Gasteiger charge is -2.16. The van der Waals surface area contributed by atoms with Gasteiger partial charge in [-0.25, -0.2) is 4.85 Å². The first kappa shape index (κ1) is 28.8. The predicted molar refractivity (Wildman–Crippen MR) is 202 cm³/mol. The van der Waals surface area contributed by atoms with Crippen molar-refractivity contribution in [1.82, 2.24) is 9.13 Å². The summed E-state index contributed by atoms with van der Waals surface area (Å²) in [5.74, 6) is 0. The van der Waals surface area contributed by atoms with Crippen molar-refractivity contribution in [2.24, 2.45) is 0 Å². The SMILES string of the molecule is [C-]#[N+]c1ccc(-n2c3ccccc3c3cc(C#N)ccc32)cc1-c1cc(-c2ccccc2-n2c3ccccc3c3ccccc32)ccc1C#N. The summed E-state index contributed by atoms with van der Waals surface area (Å²) < 4.78 is 4.47. The van der Waals surface area contributed by atoms with E-state index in [2.05, 4.69) is 105 Å². The highest BCUT2D eigenvalue weighted by molar-refractivity contribution is 6.11. The molecule has 5 heteroatoms. The van der Waals surface area contributed by atoms with Crippen molar-refractivity contribution in [2.75, 3.05) is 0 Å². The number of para-hydroxylation sites is 4. The van der Waals surface area contributed by atoms with Gasteiger partial charge in [-0.2, -0.15) is 10.5 Å². The summed E-state index contributed by atoms with van der Waals surface area (Å²) in [5, 5.41) is 24.4. The van der Waals surface area contributed by atoms with Crippen molar-refractivity contribution in [3.63, 3.8) is 0 Å². The van der Waals surface area contributed by atoms with Crippen LogP contribution >= 0.6 is 0 Å². The Labute approximate surface area is 288 Å². The van der Waals surface area contributed by atoms with Crippen LogP contribution in [0.1, 0.15) is 11.1 Å². The van der Waals surface area contributed by atoms with Crippen molar-refractivity contribution in [2.45, 2.75) is 0 Å². The molecule has 0 spiro atoms. The molecule has 9 rings (SSSR count). The zero-order valence-corrected chi connectivity index (χ0v) is 26.7. The molecule has 0 aliphatic rings. The van der Waals surface area contributed by atoms with Crippen molar-refractivity contribution in [3.05, 3.63) is 174 Å². The maximum absolute atomic E-state index is 10.4. The molecule has 0 saturated heterocycles. The van der Waals surface area contributed by atoms with Gasteiger partial charge in [0.2, 0.25) is 0 Å². The number of nitriles is 2. The third-order valence-electron chi connectivity index (χ3n) is 9.63. The van der Waals surface area contributed by atoms with Crippen LogP contribution in [0, 0.1) is 29.2 Å². The largest absolute Gasteiger partial charge is 0.309 e. The topological polar surface area (TPSA) is 61.8 Å². The van der Waals surface area contributed by atoms with Crippen LogP contribution in [0.5, 0.6) is 0 Å². The van der Waals surface area contributed by atoms with E-state index >= 15 is 0 Å². The highest BCUT2D eigenvalue weighted by Gasteiger charge is 2.19. The number of aromatic nitrogens is 2. The first-order valence-corrected chi connectivity index (χ1v) is 16.3. The lowest BCUT2D eigenvalue weighted by Crippen LogP contribution is -1.98. The smallest absolute Gasteiger partial charge is 0.195 e. The van der Waals surface area contributed by atoms with Gasteiger partial charge in [0.1, 0.15) is 0 Å². The molecule has 0 aliphatic carbocycles. The second kappa shape index (κ2) is 11.4. The van der Waals surface area contributed by atoms with E-state index in [1.807, 2.05) is 72.8 Å². The van der Waals surface area contributed by atoms with Gasteiger partial charge in [0, 0.05) is 32.8 Å². The molecule has 0 N–H and O–H groups in total. The van der Waals surface area contributed by atoms with Gasteiger partial charge < -0.3 is 9.13 Å². The Morgan fingerprint density at radius 1 is 0.480 bits per heavy atom. The minimum atomic E-state index is 0.464. The molecule has 0 radical (unpaired) electrons. The fraction of sp³-hybridized carbons (Fsp3) is 0. The van der Waals surface area contributed by atoms with Gasteiger partial charge in [0.15, 0.2) is 5.69 Å². The van der Waals surface area contributed by atoms with E-state index in [0.29, 0.717) is 27.9 Å². The first-order chi connectivity index (χ1) is 24.7. The van der Waals surface area contributed by atoms with Gasteiger partial charge in [-0.15, -0.1) is 0 Å². The quantitative estimate of drug-likeness (QED) is 0.181. The van der Waals surface area contributed by atoms with Gasteiger partial charge in [-0.3, -0.25) is 0 Å². The average molecular weight is 636 g/mol. The third-order valence-corrected chi connectivity index (χ3v) is 9.63. The molecule has 2 heterocycles. The summed E-state index contributed by atoms with van der Waals surface area (Å²) in [6.07, 6.45) is 0. The molecule has 9 aromatic rings. The standard InChI is InChI=1S/C45H25N5/c1-48-40-22-21-32(49-42-15-7-5-13-36(42)39-24-29(27-46)18-23-45(39)49)26-38(40)37-25-30(19-20-31(37)28-47)33-10-2-6-14-41(33)50-43-16-8-3-11-34(43)35-12-4-9-17-44(35)50/h2-26H. The fourth-order valence-electron chi connectivity index (χ4n) is 7.42. The Balaban J connectivity index is 1.27. The van der Waals surface area contributed by atoms with E-state index in [1.54, 1.807) is 0 Å². The van der Waals surface area contributed by atoms with Crippen molar-refractivity contribution in [3.8, 4) is 45.8 Å². The molecule has 230 valence electrons. The third kappa shape index (κ3) is 4.31. The zero-order chi connectivity index (χ0) is 33.8. The van der Waals surface area contributed by atoms with Gasteiger partial charge in [-0.1, -0.05) is 84.9 Å². The van der Waals surface area contributed by atoms with Crippen molar-refractivity contribution in [1.29, 1.82) is 10.5 Å². The number of fused-ring (bicyclic) bond motifs is 6. The summed E-state index contributed by atoms with van der Waals surface area (Å²) in [6.45, 7) is 8.11. The molecule has 0 fully saturated rings. The maximum Gasteiger partial charge on any atom is 0.195 e. The first-order valence-electron chi connectivity index (χ1n) is 16.3. The van der Waals surface area contributed by atoms with E-state index in [4.69, 9.17) is 6.57 Å². The molecular formula is C45H25N5. The number of nitrogens with zero attached hydrogens (tertiary/aromatic N) is 5. The van der Waals surface area contributed by atoms with Gasteiger partial charge in [0.25, 0.3) is 0 Å². The molecule has 0 aliphatic heterocycles. The highest BCUT2D eigenvalue weighted by Crippen LogP contribution is 2.41. The Bertz CT molecular complexity index is 2920. The molecule has 0 unspecified atom stereocenters. The van der Waals surface area contributed by atoms with E-state index in [1.165, 1.54) is 10.8 Å². The number of hydrogen-bond acceptors (Lipinski definition) is 2. The van der Waals surface area contributed by atoms with Gasteiger partial charge >= 0.3 is 0 Å². The summed E-state index contributed by atoms with van der Waals surface area (Å²) in [5.41, 5.74) is 11.0. The van der Waals surface area contributed by atoms with Crippen LogP contribution in [-0.4, -0.2) is 9.13 Å². The summed E-state index contributed by atoms with van der Waals surface area (Å²) in [6, 6.07) is 55.5. The Morgan fingerprint density at radius 3 is 1.78 bits per heavy atom. The lowest BCUT2D eigenvalue weighted by atomic mass is 9.93. The molecule has 0 bridgehead atoms. The predicted octanol–water partition coefficient (Wildman–Crippen LogP) is 11.5. The Hall–Kier alpha value is -7.39. The monoisotopic (exact) mass is 635 g/mol. The van der Waals surface area contributed by atoms with E-state index in [9.17, 15) is 10.5 Å². The van der Waals surface area contributed by atoms with Crippen molar-refractivity contribution >= 4 is 49.3 Å². The molecular weight excluding hydrogens is 611 g/mol.